The second-order valence-electron chi connectivity index (χ2n) is 6.10. The lowest BCUT2D eigenvalue weighted by atomic mass is 9.59. The minimum absolute atomic E-state index is 0.315. The van der Waals surface area contributed by atoms with E-state index in [9.17, 15) is 4.79 Å². The predicted molar refractivity (Wildman–Crippen MR) is 91.9 cm³/mol. The van der Waals surface area contributed by atoms with E-state index in [0.717, 1.165) is 11.1 Å². The number of carbonyl (C=O) groups excluding carboxylic acids is 1. The summed E-state index contributed by atoms with van der Waals surface area (Å²) in [4.78, 5) is 14.7. The van der Waals surface area contributed by atoms with Gasteiger partial charge in [-0.25, -0.2) is 0 Å². The summed E-state index contributed by atoms with van der Waals surface area (Å²) in [5, 5.41) is 3.40. The van der Waals surface area contributed by atoms with E-state index in [1.807, 2.05) is 50.4 Å². The van der Waals surface area contributed by atoms with Crippen molar-refractivity contribution in [3.63, 3.8) is 0 Å². The van der Waals surface area contributed by atoms with Gasteiger partial charge in [-0.05, 0) is 24.7 Å². The Morgan fingerprint density at radius 2 is 1.57 bits per heavy atom. The van der Waals surface area contributed by atoms with Crippen LogP contribution in [0.2, 0.25) is 0 Å². The van der Waals surface area contributed by atoms with E-state index in [-0.39, 0.29) is 5.91 Å². The predicted octanol–water partition coefficient (Wildman–Crippen LogP) is 1.71. The van der Waals surface area contributed by atoms with Gasteiger partial charge in [0.1, 0.15) is 11.1 Å². The third-order valence-electron chi connectivity index (χ3n) is 4.95. The molecular formula is C19H23N3O. The minimum atomic E-state index is -0.820. The molecule has 1 fully saturated rings. The standard InChI is InChI=1S/C19H23N3O/c1-3-21-18(17(20)23)14-22(2)19(18,15-10-6-4-7-11-15)16-12-8-5-9-13-16/h4-13,21H,3,14H2,1-2H3,(H2,20,23). The van der Waals surface area contributed by atoms with Gasteiger partial charge in [-0.2, -0.15) is 0 Å². The van der Waals surface area contributed by atoms with Gasteiger partial charge in [0.15, 0.2) is 0 Å². The second-order valence-corrected chi connectivity index (χ2v) is 6.10. The number of nitrogens with one attached hydrogen (secondary N) is 1. The van der Waals surface area contributed by atoms with Crippen molar-refractivity contribution in [1.82, 2.24) is 10.2 Å². The number of nitrogens with zero attached hydrogens (tertiary/aromatic N) is 1. The molecule has 1 saturated heterocycles. The summed E-state index contributed by atoms with van der Waals surface area (Å²) in [7, 11) is 2.04. The quantitative estimate of drug-likeness (QED) is 0.884. The van der Waals surface area contributed by atoms with Crippen LogP contribution in [0, 0.1) is 0 Å². The average Bonchev–Trinajstić information content (AvgIpc) is 2.56. The van der Waals surface area contributed by atoms with Crippen molar-refractivity contribution in [1.29, 1.82) is 0 Å². The molecule has 4 heteroatoms. The maximum absolute atomic E-state index is 12.5. The smallest absolute Gasteiger partial charge is 0.241 e. The number of rotatable bonds is 5. The first-order valence-corrected chi connectivity index (χ1v) is 7.97. The van der Waals surface area contributed by atoms with Gasteiger partial charge in [-0.3, -0.25) is 9.69 Å². The van der Waals surface area contributed by atoms with Crippen molar-refractivity contribution in [3.05, 3.63) is 71.8 Å². The molecule has 23 heavy (non-hydrogen) atoms. The Balaban J connectivity index is 2.29. The number of primary amides is 1. The highest BCUT2D eigenvalue weighted by Crippen LogP contribution is 2.51. The van der Waals surface area contributed by atoms with Crippen molar-refractivity contribution in [2.75, 3.05) is 20.1 Å². The van der Waals surface area contributed by atoms with Crippen LogP contribution in [0.4, 0.5) is 0 Å². The number of hydrogen-bond donors (Lipinski definition) is 2. The summed E-state index contributed by atoms with van der Waals surface area (Å²) < 4.78 is 0. The molecule has 1 unspecified atom stereocenters. The number of hydrogen-bond acceptors (Lipinski definition) is 3. The first kappa shape index (κ1) is 15.7. The Bertz CT molecular complexity index is 643. The highest BCUT2D eigenvalue weighted by molar-refractivity contribution is 5.90. The van der Waals surface area contributed by atoms with E-state index < -0.39 is 11.1 Å². The largest absolute Gasteiger partial charge is 0.368 e. The van der Waals surface area contributed by atoms with E-state index in [1.165, 1.54) is 0 Å². The maximum atomic E-state index is 12.5. The van der Waals surface area contributed by atoms with E-state index >= 15 is 0 Å². The Hall–Kier alpha value is -2.17. The molecule has 1 heterocycles. The fraction of sp³-hybridized carbons (Fsp3) is 0.316. The molecule has 1 atom stereocenters. The fourth-order valence-corrected chi connectivity index (χ4v) is 4.11. The molecule has 1 amide bonds. The van der Waals surface area contributed by atoms with Crippen LogP contribution < -0.4 is 11.1 Å². The molecule has 3 rings (SSSR count). The van der Waals surface area contributed by atoms with E-state index in [1.54, 1.807) is 0 Å². The molecule has 0 saturated carbocycles. The lowest BCUT2D eigenvalue weighted by Gasteiger charge is -2.64. The van der Waals surface area contributed by atoms with Crippen LogP contribution in [0.1, 0.15) is 18.1 Å². The molecule has 3 N–H and O–H groups in total. The van der Waals surface area contributed by atoms with Crippen molar-refractivity contribution >= 4 is 5.91 Å². The Labute approximate surface area is 137 Å². The van der Waals surface area contributed by atoms with Crippen LogP contribution in [0.3, 0.4) is 0 Å². The molecule has 4 nitrogen and oxygen atoms in total. The van der Waals surface area contributed by atoms with Crippen molar-refractivity contribution in [2.45, 2.75) is 18.0 Å². The molecule has 0 aliphatic carbocycles. The molecule has 2 aromatic carbocycles. The minimum Gasteiger partial charge on any atom is -0.368 e. The summed E-state index contributed by atoms with van der Waals surface area (Å²) in [6, 6.07) is 20.3. The van der Waals surface area contributed by atoms with Gasteiger partial charge in [-0.1, -0.05) is 67.6 Å². The van der Waals surface area contributed by atoms with Gasteiger partial charge in [0.05, 0.1) is 0 Å². The maximum Gasteiger partial charge on any atom is 0.241 e. The summed E-state index contributed by atoms with van der Waals surface area (Å²) in [6.45, 7) is 3.27. The second kappa shape index (κ2) is 5.80. The van der Waals surface area contributed by atoms with Crippen LogP contribution >= 0.6 is 0 Å². The molecule has 1 aliphatic heterocycles. The van der Waals surface area contributed by atoms with Gasteiger partial charge in [-0.15, -0.1) is 0 Å². The average molecular weight is 309 g/mol. The van der Waals surface area contributed by atoms with Crippen LogP contribution in [0.5, 0.6) is 0 Å². The number of likely N-dealkylation sites (N-methyl/N-ethyl adjacent to an activating group) is 2. The SMILES string of the molecule is CCNC1(C(N)=O)CN(C)C1(c1ccccc1)c1ccccc1. The normalized spacial score (nSPS) is 23.2. The van der Waals surface area contributed by atoms with E-state index in [2.05, 4.69) is 34.5 Å². The Morgan fingerprint density at radius 1 is 1.09 bits per heavy atom. The molecule has 0 aromatic heterocycles. The molecule has 0 spiro atoms. The van der Waals surface area contributed by atoms with E-state index in [4.69, 9.17) is 5.73 Å². The monoisotopic (exact) mass is 309 g/mol. The first-order valence-electron chi connectivity index (χ1n) is 7.97. The van der Waals surface area contributed by atoms with Gasteiger partial charge >= 0.3 is 0 Å². The zero-order chi connectivity index (χ0) is 16.5. The molecule has 1 aliphatic rings. The Kier molecular flexibility index (Phi) is 3.96. The lowest BCUT2D eigenvalue weighted by Crippen LogP contribution is -2.85. The lowest BCUT2D eigenvalue weighted by molar-refractivity contribution is -0.148. The number of carbonyl (C=O) groups is 1. The van der Waals surface area contributed by atoms with Gasteiger partial charge in [0.2, 0.25) is 5.91 Å². The zero-order valence-corrected chi connectivity index (χ0v) is 13.6. The van der Waals surface area contributed by atoms with Crippen molar-refractivity contribution in [3.8, 4) is 0 Å². The molecule has 2 aromatic rings. The van der Waals surface area contributed by atoms with Gasteiger partial charge < -0.3 is 11.1 Å². The highest BCUT2D eigenvalue weighted by Gasteiger charge is 2.67. The number of likely N-dealkylation sites (tertiary alicyclic amines) is 1. The van der Waals surface area contributed by atoms with Crippen molar-refractivity contribution < 1.29 is 4.79 Å². The Morgan fingerprint density at radius 3 is 1.91 bits per heavy atom. The summed E-state index contributed by atoms with van der Waals surface area (Å²) in [6.07, 6.45) is 0. The number of benzene rings is 2. The fourth-order valence-electron chi connectivity index (χ4n) is 4.11. The summed E-state index contributed by atoms with van der Waals surface area (Å²) >= 11 is 0. The third kappa shape index (κ3) is 2.02. The zero-order valence-electron chi connectivity index (χ0n) is 13.6. The van der Waals surface area contributed by atoms with Crippen LogP contribution in [0.25, 0.3) is 0 Å². The molecule has 0 radical (unpaired) electrons. The molecular weight excluding hydrogens is 286 g/mol. The topological polar surface area (TPSA) is 58.4 Å². The summed E-state index contributed by atoms with van der Waals surface area (Å²) in [5.41, 5.74) is 6.62. The van der Waals surface area contributed by atoms with Gasteiger partial charge in [0, 0.05) is 6.54 Å². The van der Waals surface area contributed by atoms with Crippen LogP contribution in [-0.2, 0) is 10.3 Å². The molecule has 0 bridgehead atoms. The first-order chi connectivity index (χ1) is 11.1. The van der Waals surface area contributed by atoms with Gasteiger partial charge in [0.25, 0.3) is 0 Å². The van der Waals surface area contributed by atoms with Crippen LogP contribution in [-0.4, -0.2) is 36.5 Å². The summed E-state index contributed by atoms with van der Waals surface area (Å²) in [5.74, 6) is -0.315. The van der Waals surface area contributed by atoms with Crippen LogP contribution in [0.15, 0.2) is 60.7 Å². The number of nitrogens with two attached hydrogens (primary N) is 1. The van der Waals surface area contributed by atoms with Crippen molar-refractivity contribution in [2.24, 2.45) is 5.73 Å². The number of amides is 1. The molecule has 120 valence electrons. The van der Waals surface area contributed by atoms with E-state index in [0.29, 0.717) is 13.1 Å². The highest BCUT2D eigenvalue weighted by atomic mass is 16.2. The third-order valence-corrected chi connectivity index (χ3v) is 4.95.